The SMILES string of the molecule is COc1cc(-c2nc3cc(C)c(C)cc3[nH]2)cc([N+](=O)[O-])c1OCc1cccc(C)c1. The van der Waals surface area contributed by atoms with Gasteiger partial charge in [-0.1, -0.05) is 29.8 Å². The standard InChI is InChI=1S/C24H23N3O4/c1-14-6-5-7-17(8-14)13-31-23-21(27(28)29)11-18(12-22(23)30-4)24-25-19-9-15(2)16(3)10-20(19)26-24/h5-12H,13H2,1-4H3,(H,25,26). The van der Waals surface area contributed by atoms with Gasteiger partial charge in [0.25, 0.3) is 0 Å². The summed E-state index contributed by atoms with van der Waals surface area (Å²) < 4.78 is 11.3. The molecule has 3 aromatic carbocycles. The zero-order valence-corrected chi connectivity index (χ0v) is 17.9. The third-order valence-corrected chi connectivity index (χ3v) is 5.29. The fourth-order valence-corrected chi connectivity index (χ4v) is 3.52. The summed E-state index contributed by atoms with van der Waals surface area (Å²) >= 11 is 0. The highest BCUT2D eigenvalue weighted by atomic mass is 16.6. The smallest absolute Gasteiger partial charge is 0.315 e. The number of aryl methyl sites for hydroxylation is 3. The summed E-state index contributed by atoms with van der Waals surface area (Å²) in [4.78, 5) is 19.2. The fourth-order valence-electron chi connectivity index (χ4n) is 3.52. The van der Waals surface area contributed by atoms with Gasteiger partial charge < -0.3 is 14.5 Å². The molecule has 1 heterocycles. The normalized spacial score (nSPS) is 11.0. The molecule has 0 saturated carbocycles. The van der Waals surface area contributed by atoms with Crippen molar-refractivity contribution in [3.8, 4) is 22.9 Å². The number of imidazole rings is 1. The van der Waals surface area contributed by atoms with Crippen molar-refractivity contribution in [1.82, 2.24) is 9.97 Å². The van der Waals surface area contributed by atoms with Crippen LogP contribution in [0.4, 0.5) is 5.69 Å². The third-order valence-electron chi connectivity index (χ3n) is 5.29. The lowest BCUT2D eigenvalue weighted by Crippen LogP contribution is -2.02. The highest BCUT2D eigenvalue weighted by Gasteiger charge is 2.24. The number of H-pyrrole nitrogens is 1. The van der Waals surface area contributed by atoms with Crippen LogP contribution < -0.4 is 9.47 Å². The van der Waals surface area contributed by atoms with E-state index in [1.54, 1.807) is 6.07 Å². The van der Waals surface area contributed by atoms with Crippen molar-refractivity contribution >= 4 is 16.7 Å². The van der Waals surface area contributed by atoms with Gasteiger partial charge in [0.05, 0.1) is 23.1 Å². The van der Waals surface area contributed by atoms with Crippen molar-refractivity contribution in [3.63, 3.8) is 0 Å². The first-order chi connectivity index (χ1) is 14.9. The molecule has 1 aromatic heterocycles. The molecule has 0 fully saturated rings. The van der Waals surface area contributed by atoms with Gasteiger partial charge in [0.1, 0.15) is 12.4 Å². The quantitative estimate of drug-likeness (QED) is 0.323. The second kappa shape index (κ2) is 8.10. The van der Waals surface area contributed by atoms with Gasteiger partial charge >= 0.3 is 5.69 Å². The van der Waals surface area contributed by atoms with Gasteiger partial charge in [-0.25, -0.2) is 4.98 Å². The van der Waals surface area contributed by atoms with Crippen LogP contribution in [0.2, 0.25) is 0 Å². The minimum absolute atomic E-state index is 0.0977. The molecule has 7 nitrogen and oxygen atoms in total. The maximum atomic E-state index is 11.8. The van der Waals surface area contributed by atoms with Crippen LogP contribution in [0.15, 0.2) is 48.5 Å². The van der Waals surface area contributed by atoms with E-state index >= 15 is 0 Å². The highest BCUT2D eigenvalue weighted by molar-refractivity contribution is 5.82. The van der Waals surface area contributed by atoms with Crippen LogP contribution in [-0.2, 0) is 6.61 Å². The molecular formula is C24H23N3O4. The van der Waals surface area contributed by atoms with Gasteiger partial charge in [-0.2, -0.15) is 0 Å². The predicted molar refractivity (Wildman–Crippen MR) is 120 cm³/mol. The minimum Gasteiger partial charge on any atom is -0.493 e. The van der Waals surface area contributed by atoms with Gasteiger partial charge in [-0.3, -0.25) is 10.1 Å². The van der Waals surface area contributed by atoms with E-state index in [2.05, 4.69) is 9.97 Å². The molecule has 7 heteroatoms. The van der Waals surface area contributed by atoms with Crippen molar-refractivity contribution < 1.29 is 14.4 Å². The Labute approximate surface area is 179 Å². The van der Waals surface area contributed by atoms with Gasteiger partial charge in [0.2, 0.25) is 5.75 Å². The Kier molecular flexibility index (Phi) is 5.33. The van der Waals surface area contributed by atoms with Crippen molar-refractivity contribution in [1.29, 1.82) is 0 Å². The number of fused-ring (bicyclic) bond motifs is 1. The number of aromatic nitrogens is 2. The summed E-state index contributed by atoms with van der Waals surface area (Å²) in [5.74, 6) is 0.914. The summed E-state index contributed by atoms with van der Waals surface area (Å²) in [6, 6.07) is 15.0. The lowest BCUT2D eigenvalue weighted by atomic mass is 10.1. The molecule has 158 valence electrons. The first-order valence-corrected chi connectivity index (χ1v) is 9.88. The number of benzene rings is 3. The number of rotatable bonds is 6. The molecule has 31 heavy (non-hydrogen) atoms. The molecule has 0 atom stereocenters. The topological polar surface area (TPSA) is 90.3 Å². The van der Waals surface area contributed by atoms with E-state index in [0.29, 0.717) is 11.4 Å². The lowest BCUT2D eigenvalue weighted by molar-refractivity contribution is -0.386. The zero-order valence-electron chi connectivity index (χ0n) is 17.9. The molecule has 0 unspecified atom stereocenters. The number of aromatic amines is 1. The molecular weight excluding hydrogens is 394 g/mol. The molecule has 0 spiro atoms. The number of hydrogen-bond donors (Lipinski definition) is 1. The van der Waals surface area contributed by atoms with Crippen LogP contribution in [0, 0.1) is 30.9 Å². The molecule has 1 N–H and O–H groups in total. The molecule has 0 radical (unpaired) electrons. The van der Waals surface area contributed by atoms with E-state index in [4.69, 9.17) is 9.47 Å². The summed E-state index contributed by atoms with van der Waals surface area (Å²) in [5.41, 5.74) is 6.35. The number of nitro groups is 1. The van der Waals surface area contributed by atoms with Gasteiger partial charge in [0.15, 0.2) is 5.75 Å². The predicted octanol–water partition coefficient (Wildman–Crippen LogP) is 5.65. The Morgan fingerprint density at radius 3 is 2.55 bits per heavy atom. The van der Waals surface area contributed by atoms with Crippen LogP contribution in [0.3, 0.4) is 0 Å². The number of nitro benzene ring substituents is 1. The summed E-state index contributed by atoms with van der Waals surface area (Å²) in [5, 5.41) is 11.8. The Balaban J connectivity index is 1.75. The first-order valence-electron chi connectivity index (χ1n) is 9.88. The number of methoxy groups -OCH3 is 1. The monoisotopic (exact) mass is 417 g/mol. The lowest BCUT2D eigenvalue weighted by Gasteiger charge is -2.12. The van der Waals surface area contributed by atoms with Crippen LogP contribution in [0.5, 0.6) is 11.5 Å². The van der Waals surface area contributed by atoms with Gasteiger partial charge in [0, 0.05) is 11.6 Å². The van der Waals surface area contributed by atoms with E-state index in [1.165, 1.54) is 13.2 Å². The number of hydrogen-bond acceptors (Lipinski definition) is 5. The highest BCUT2D eigenvalue weighted by Crippen LogP contribution is 2.41. The second-order valence-corrected chi connectivity index (χ2v) is 7.60. The number of nitrogens with zero attached hydrogens (tertiary/aromatic N) is 2. The number of nitrogens with one attached hydrogen (secondary N) is 1. The second-order valence-electron chi connectivity index (χ2n) is 7.60. The van der Waals surface area contributed by atoms with Crippen molar-refractivity contribution in [2.24, 2.45) is 0 Å². The van der Waals surface area contributed by atoms with Crippen LogP contribution in [0.25, 0.3) is 22.4 Å². The number of ether oxygens (including phenoxy) is 2. The third kappa shape index (κ3) is 4.07. The summed E-state index contributed by atoms with van der Waals surface area (Å²) in [6.07, 6.45) is 0. The average Bonchev–Trinajstić information content (AvgIpc) is 3.14. The van der Waals surface area contributed by atoms with Crippen molar-refractivity contribution in [2.75, 3.05) is 7.11 Å². The maximum Gasteiger partial charge on any atom is 0.315 e. The molecule has 0 aliphatic heterocycles. The molecule has 4 rings (SSSR count). The Morgan fingerprint density at radius 2 is 1.84 bits per heavy atom. The Morgan fingerprint density at radius 1 is 1.06 bits per heavy atom. The van der Waals surface area contributed by atoms with E-state index < -0.39 is 4.92 Å². The fraction of sp³-hybridized carbons (Fsp3) is 0.208. The van der Waals surface area contributed by atoms with Crippen molar-refractivity contribution in [2.45, 2.75) is 27.4 Å². The maximum absolute atomic E-state index is 11.8. The molecule has 0 amide bonds. The molecule has 4 aromatic rings. The van der Waals surface area contributed by atoms with Crippen LogP contribution >= 0.6 is 0 Å². The zero-order chi connectivity index (χ0) is 22.1. The summed E-state index contributed by atoms with van der Waals surface area (Å²) in [7, 11) is 1.47. The van der Waals surface area contributed by atoms with Crippen LogP contribution in [0.1, 0.15) is 22.3 Å². The minimum atomic E-state index is -0.464. The van der Waals surface area contributed by atoms with Crippen LogP contribution in [-0.4, -0.2) is 22.0 Å². The Bertz CT molecular complexity index is 1250. The molecule has 0 aliphatic carbocycles. The van der Waals surface area contributed by atoms with Gasteiger partial charge in [-0.15, -0.1) is 0 Å². The van der Waals surface area contributed by atoms with E-state index in [9.17, 15) is 10.1 Å². The van der Waals surface area contributed by atoms with E-state index in [1.807, 2.05) is 57.2 Å². The molecule has 0 bridgehead atoms. The van der Waals surface area contributed by atoms with Crippen molar-refractivity contribution in [3.05, 3.63) is 80.9 Å². The molecule has 0 saturated heterocycles. The Hall–Kier alpha value is -3.87. The largest absolute Gasteiger partial charge is 0.493 e. The summed E-state index contributed by atoms with van der Waals surface area (Å²) in [6.45, 7) is 6.24. The molecule has 0 aliphatic rings. The first kappa shape index (κ1) is 20.4. The average molecular weight is 417 g/mol. The van der Waals surface area contributed by atoms with E-state index in [-0.39, 0.29) is 23.8 Å². The van der Waals surface area contributed by atoms with E-state index in [0.717, 1.165) is 33.3 Å². The van der Waals surface area contributed by atoms with Gasteiger partial charge in [-0.05, 0) is 55.7 Å².